The van der Waals surface area contributed by atoms with Gasteiger partial charge in [0.05, 0.1) is 0 Å². The monoisotopic (exact) mass is 344 g/mol. The van der Waals surface area contributed by atoms with Crippen molar-refractivity contribution in [3.8, 4) is 22.5 Å². The van der Waals surface area contributed by atoms with Gasteiger partial charge in [-0.2, -0.15) is 0 Å². The molecule has 132 valence electrons. The van der Waals surface area contributed by atoms with Crippen LogP contribution in [0.4, 0.5) is 5.95 Å². The molecule has 4 rings (SSSR count). The Balaban J connectivity index is 1.82. The lowest BCUT2D eigenvalue weighted by atomic mass is 10.0. The first-order chi connectivity index (χ1) is 12.7. The fraction of sp³-hybridized carbons (Fsp3) is 0.318. The average molecular weight is 344 g/mol. The standard InChI is InChI=1S/C22H24N4/c1-16-6-10-18(11-7-16)20-21(19-12-8-17(2)9-13-19)24-25-22(23-20)26-14-4-3-5-15-26/h6-13H,3-5,14-15H2,1-2H3. The van der Waals surface area contributed by atoms with Crippen LogP contribution in [-0.2, 0) is 0 Å². The Morgan fingerprint density at radius 2 is 1.19 bits per heavy atom. The third-order valence-corrected chi connectivity index (χ3v) is 4.96. The summed E-state index contributed by atoms with van der Waals surface area (Å²) in [6.45, 7) is 6.22. The molecular weight excluding hydrogens is 320 g/mol. The van der Waals surface area contributed by atoms with Gasteiger partial charge in [0.15, 0.2) is 0 Å². The van der Waals surface area contributed by atoms with E-state index in [1.54, 1.807) is 0 Å². The van der Waals surface area contributed by atoms with E-state index < -0.39 is 0 Å². The summed E-state index contributed by atoms with van der Waals surface area (Å²) in [6, 6.07) is 16.9. The molecule has 0 atom stereocenters. The van der Waals surface area contributed by atoms with E-state index in [0.29, 0.717) is 0 Å². The van der Waals surface area contributed by atoms with Crippen LogP contribution < -0.4 is 4.90 Å². The molecule has 4 heteroatoms. The van der Waals surface area contributed by atoms with Crippen LogP contribution in [-0.4, -0.2) is 28.3 Å². The minimum absolute atomic E-state index is 0.746. The zero-order valence-corrected chi connectivity index (χ0v) is 15.4. The van der Waals surface area contributed by atoms with Gasteiger partial charge >= 0.3 is 0 Å². The number of aromatic nitrogens is 3. The fourth-order valence-corrected chi connectivity index (χ4v) is 3.36. The molecule has 0 unspecified atom stereocenters. The minimum atomic E-state index is 0.746. The predicted octanol–water partition coefficient (Wildman–Crippen LogP) is 4.81. The number of piperidine rings is 1. The Morgan fingerprint density at radius 3 is 1.77 bits per heavy atom. The quantitative estimate of drug-likeness (QED) is 0.683. The second-order valence-electron chi connectivity index (χ2n) is 7.09. The molecule has 4 nitrogen and oxygen atoms in total. The first-order valence-electron chi connectivity index (χ1n) is 9.34. The van der Waals surface area contributed by atoms with Crippen LogP contribution in [0.2, 0.25) is 0 Å². The molecule has 1 aliphatic rings. The highest BCUT2D eigenvalue weighted by molar-refractivity contribution is 5.78. The Labute approximate surface area is 154 Å². The van der Waals surface area contributed by atoms with Crippen molar-refractivity contribution in [3.63, 3.8) is 0 Å². The van der Waals surface area contributed by atoms with Crippen LogP contribution in [0.5, 0.6) is 0 Å². The van der Waals surface area contributed by atoms with Crippen molar-refractivity contribution < 1.29 is 0 Å². The van der Waals surface area contributed by atoms with Crippen molar-refractivity contribution in [1.82, 2.24) is 15.2 Å². The zero-order valence-electron chi connectivity index (χ0n) is 15.4. The highest BCUT2D eigenvalue weighted by atomic mass is 15.3. The van der Waals surface area contributed by atoms with E-state index in [2.05, 4.69) is 77.5 Å². The molecule has 2 heterocycles. The maximum Gasteiger partial charge on any atom is 0.245 e. The Hall–Kier alpha value is -2.75. The number of aryl methyl sites for hydroxylation is 2. The van der Waals surface area contributed by atoms with Crippen molar-refractivity contribution in [2.75, 3.05) is 18.0 Å². The van der Waals surface area contributed by atoms with E-state index in [1.807, 2.05) is 0 Å². The van der Waals surface area contributed by atoms with Gasteiger partial charge in [-0.1, -0.05) is 59.7 Å². The molecular formula is C22H24N4. The second kappa shape index (κ2) is 7.24. The van der Waals surface area contributed by atoms with Crippen LogP contribution >= 0.6 is 0 Å². The molecule has 0 N–H and O–H groups in total. The summed E-state index contributed by atoms with van der Waals surface area (Å²) in [5.74, 6) is 0.746. The van der Waals surface area contributed by atoms with Gasteiger partial charge in [0.1, 0.15) is 11.4 Å². The molecule has 1 fully saturated rings. The molecule has 26 heavy (non-hydrogen) atoms. The average Bonchev–Trinajstić information content (AvgIpc) is 2.70. The van der Waals surface area contributed by atoms with Gasteiger partial charge in [-0.3, -0.25) is 0 Å². The molecule has 2 aromatic carbocycles. The number of benzene rings is 2. The van der Waals surface area contributed by atoms with Gasteiger partial charge in [-0.05, 0) is 33.1 Å². The topological polar surface area (TPSA) is 41.9 Å². The molecule has 0 bridgehead atoms. The van der Waals surface area contributed by atoms with Gasteiger partial charge in [-0.15, -0.1) is 10.2 Å². The lowest BCUT2D eigenvalue weighted by Crippen LogP contribution is -2.31. The fourth-order valence-electron chi connectivity index (χ4n) is 3.36. The summed E-state index contributed by atoms with van der Waals surface area (Å²) < 4.78 is 0. The first-order valence-corrected chi connectivity index (χ1v) is 9.34. The van der Waals surface area contributed by atoms with Gasteiger partial charge < -0.3 is 4.90 Å². The lowest BCUT2D eigenvalue weighted by molar-refractivity contribution is 0.565. The van der Waals surface area contributed by atoms with E-state index in [9.17, 15) is 0 Å². The van der Waals surface area contributed by atoms with Crippen LogP contribution in [0.1, 0.15) is 30.4 Å². The van der Waals surface area contributed by atoms with E-state index >= 15 is 0 Å². The number of nitrogens with zero attached hydrogens (tertiary/aromatic N) is 4. The number of hydrogen-bond donors (Lipinski definition) is 0. The lowest BCUT2D eigenvalue weighted by Gasteiger charge is -2.26. The summed E-state index contributed by atoms with van der Waals surface area (Å²) in [5.41, 5.74) is 6.36. The highest BCUT2D eigenvalue weighted by Crippen LogP contribution is 2.30. The van der Waals surface area contributed by atoms with Gasteiger partial charge in [0.25, 0.3) is 0 Å². The Bertz CT molecular complexity index is 879. The number of hydrogen-bond acceptors (Lipinski definition) is 4. The van der Waals surface area contributed by atoms with Gasteiger partial charge in [0.2, 0.25) is 5.95 Å². The van der Waals surface area contributed by atoms with Gasteiger partial charge in [-0.25, -0.2) is 4.98 Å². The summed E-state index contributed by atoms with van der Waals surface area (Å²) in [6.07, 6.45) is 3.68. The maximum atomic E-state index is 4.95. The van der Waals surface area contributed by atoms with Gasteiger partial charge in [0, 0.05) is 24.2 Å². The van der Waals surface area contributed by atoms with Crippen molar-refractivity contribution in [1.29, 1.82) is 0 Å². The van der Waals surface area contributed by atoms with Crippen LogP contribution in [0, 0.1) is 13.8 Å². The SMILES string of the molecule is Cc1ccc(-c2nnc(N3CCCCC3)nc2-c2ccc(C)cc2)cc1. The molecule has 0 spiro atoms. The maximum absolute atomic E-state index is 4.95. The molecule has 1 saturated heterocycles. The smallest absolute Gasteiger partial charge is 0.245 e. The molecule has 0 aliphatic carbocycles. The molecule has 0 saturated carbocycles. The van der Waals surface area contributed by atoms with Crippen LogP contribution in [0.25, 0.3) is 22.5 Å². The molecule has 3 aromatic rings. The molecule has 1 aromatic heterocycles. The Kier molecular flexibility index (Phi) is 4.65. The third-order valence-electron chi connectivity index (χ3n) is 4.96. The van der Waals surface area contributed by atoms with Crippen molar-refractivity contribution in [3.05, 3.63) is 59.7 Å². The van der Waals surface area contributed by atoms with E-state index in [1.165, 1.54) is 30.4 Å². The number of anilines is 1. The normalized spacial score (nSPS) is 14.5. The van der Waals surface area contributed by atoms with Crippen LogP contribution in [0.3, 0.4) is 0 Å². The zero-order chi connectivity index (χ0) is 17.9. The van der Waals surface area contributed by atoms with Crippen molar-refractivity contribution in [2.24, 2.45) is 0 Å². The summed E-state index contributed by atoms with van der Waals surface area (Å²) >= 11 is 0. The molecule has 0 radical (unpaired) electrons. The van der Waals surface area contributed by atoms with E-state index in [0.717, 1.165) is 41.6 Å². The number of rotatable bonds is 3. The van der Waals surface area contributed by atoms with E-state index in [-0.39, 0.29) is 0 Å². The predicted molar refractivity (Wildman–Crippen MR) is 106 cm³/mol. The minimum Gasteiger partial charge on any atom is -0.340 e. The van der Waals surface area contributed by atoms with Crippen molar-refractivity contribution >= 4 is 5.95 Å². The summed E-state index contributed by atoms with van der Waals surface area (Å²) in [4.78, 5) is 7.20. The molecule has 1 aliphatic heterocycles. The first kappa shape index (κ1) is 16.7. The largest absolute Gasteiger partial charge is 0.340 e. The third kappa shape index (κ3) is 3.45. The van der Waals surface area contributed by atoms with E-state index in [4.69, 9.17) is 4.98 Å². The Morgan fingerprint density at radius 1 is 0.654 bits per heavy atom. The summed E-state index contributed by atoms with van der Waals surface area (Å²) in [5, 5.41) is 9.07. The molecule has 0 amide bonds. The summed E-state index contributed by atoms with van der Waals surface area (Å²) in [7, 11) is 0. The van der Waals surface area contributed by atoms with Crippen LogP contribution in [0.15, 0.2) is 48.5 Å². The second-order valence-corrected chi connectivity index (χ2v) is 7.09. The highest BCUT2D eigenvalue weighted by Gasteiger charge is 2.18. The van der Waals surface area contributed by atoms with Crippen molar-refractivity contribution in [2.45, 2.75) is 33.1 Å².